The molecule has 82 valence electrons. The van der Waals surface area contributed by atoms with Crippen LogP contribution in [0.3, 0.4) is 0 Å². The van der Waals surface area contributed by atoms with Crippen LogP contribution in [0.1, 0.15) is 13.8 Å². The van der Waals surface area contributed by atoms with E-state index in [0.29, 0.717) is 5.69 Å². The Morgan fingerprint density at radius 2 is 1.80 bits per heavy atom. The van der Waals surface area contributed by atoms with Crippen molar-refractivity contribution >= 4 is 11.6 Å². The molecule has 2 atom stereocenters. The number of nitrogens with one attached hydrogen (secondary N) is 1. The fourth-order valence-electron chi connectivity index (χ4n) is 1.02. The van der Waals surface area contributed by atoms with Gasteiger partial charge in [-0.1, -0.05) is 6.92 Å². The summed E-state index contributed by atoms with van der Waals surface area (Å²) in [5.74, 6) is -0.550. The number of phenols is 1. The van der Waals surface area contributed by atoms with E-state index in [0.717, 1.165) is 0 Å². The van der Waals surface area contributed by atoms with E-state index < -0.39 is 12.0 Å². The summed E-state index contributed by atoms with van der Waals surface area (Å²) in [6, 6.07) is 6.18. The molecule has 2 unspecified atom stereocenters. The van der Waals surface area contributed by atoms with Gasteiger partial charge in [0.25, 0.3) is 0 Å². The average Bonchev–Trinajstić information content (AvgIpc) is 2.20. The van der Waals surface area contributed by atoms with E-state index in [9.17, 15) is 9.90 Å². The van der Waals surface area contributed by atoms with E-state index in [1.807, 2.05) is 0 Å². The lowest BCUT2D eigenvalue weighted by Crippen LogP contribution is -2.28. The van der Waals surface area contributed by atoms with Crippen molar-refractivity contribution in [3.8, 4) is 5.75 Å². The van der Waals surface area contributed by atoms with Crippen molar-refractivity contribution in [1.82, 2.24) is 0 Å². The molecule has 0 aliphatic rings. The van der Waals surface area contributed by atoms with Crippen LogP contribution in [-0.2, 0) is 4.79 Å². The molecule has 0 bridgehead atoms. The van der Waals surface area contributed by atoms with Crippen molar-refractivity contribution < 1.29 is 15.0 Å². The van der Waals surface area contributed by atoms with Gasteiger partial charge in [-0.25, -0.2) is 0 Å². The topological polar surface area (TPSA) is 69.6 Å². The molecular weight excluding hydrogens is 194 g/mol. The lowest BCUT2D eigenvalue weighted by atomic mass is 10.1. The molecule has 1 amide bonds. The number of carbonyl (C=O) groups is 1. The van der Waals surface area contributed by atoms with Crippen LogP contribution in [-0.4, -0.2) is 22.2 Å². The summed E-state index contributed by atoms with van der Waals surface area (Å²) in [4.78, 5) is 11.5. The fraction of sp³-hybridized carbons (Fsp3) is 0.364. The average molecular weight is 209 g/mol. The number of hydrogen-bond acceptors (Lipinski definition) is 3. The van der Waals surface area contributed by atoms with Gasteiger partial charge in [0, 0.05) is 5.69 Å². The van der Waals surface area contributed by atoms with Gasteiger partial charge in [-0.05, 0) is 31.2 Å². The van der Waals surface area contributed by atoms with Crippen molar-refractivity contribution in [1.29, 1.82) is 0 Å². The Morgan fingerprint density at radius 3 is 2.27 bits per heavy atom. The number of anilines is 1. The number of aliphatic hydroxyl groups excluding tert-OH is 1. The number of benzene rings is 1. The number of carbonyl (C=O) groups excluding carboxylic acids is 1. The molecule has 4 nitrogen and oxygen atoms in total. The molecule has 1 aromatic rings. The number of aromatic hydroxyl groups is 1. The molecule has 0 spiro atoms. The van der Waals surface area contributed by atoms with Crippen LogP contribution in [0.4, 0.5) is 5.69 Å². The molecule has 1 rings (SSSR count). The Kier molecular flexibility index (Phi) is 3.68. The summed E-state index contributed by atoms with van der Waals surface area (Å²) < 4.78 is 0. The first-order chi connectivity index (χ1) is 7.00. The Labute approximate surface area is 88.6 Å². The molecule has 0 aromatic heterocycles. The van der Waals surface area contributed by atoms with E-state index in [1.165, 1.54) is 12.1 Å². The van der Waals surface area contributed by atoms with Crippen LogP contribution < -0.4 is 5.32 Å². The van der Waals surface area contributed by atoms with E-state index in [1.54, 1.807) is 26.0 Å². The fourth-order valence-corrected chi connectivity index (χ4v) is 1.02. The van der Waals surface area contributed by atoms with E-state index in [2.05, 4.69) is 5.32 Å². The highest BCUT2D eigenvalue weighted by Gasteiger charge is 2.17. The van der Waals surface area contributed by atoms with Crippen LogP contribution in [0.5, 0.6) is 5.75 Å². The largest absolute Gasteiger partial charge is 0.508 e. The molecule has 4 heteroatoms. The van der Waals surface area contributed by atoms with E-state index in [-0.39, 0.29) is 11.7 Å². The number of phenolic OH excluding ortho intramolecular Hbond substituents is 1. The summed E-state index contributed by atoms with van der Waals surface area (Å²) in [5, 5.41) is 20.9. The zero-order valence-corrected chi connectivity index (χ0v) is 8.77. The summed E-state index contributed by atoms with van der Waals surface area (Å²) in [6.07, 6.45) is -0.679. The summed E-state index contributed by atoms with van der Waals surface area (Å²) >= 11 is 0. The summed E-state index contributed by atoms with van der Waals surface area (Å²) in [5.41, 5.74) is 0.602. The van der Waals surface area contributed by atoms with Gasteiger partial charge in [-0.15, -0.1) is 0 Å². The number of amides is 1. The minimum Gasteiger partial charge on any atom is -0.508 e. The summed E-state index contributed by atoms with van der Waals surface area (Å²) in [6.45, 7) is 3.22. The van der Waals surface area contributed by atoms with Gasteiger partial charge in [-0.3, -0.25) is 4.79 Å². The quantitative estimate of drug-likeness (QED) is 0.658. The first-order valence-corrected chi connectivity index (χ1v) is 4.78. The van der Waals surface area contributed by atoms with Crippen molar-refractivity contribution in [3.63, 3.8) is 0 Å². The molecule has 0 saturated heterocycles. The smallest absolute Gasteiger partial charge is 0.229 e. The number of hydrogen-bond donors (Lipinski definition) is 3. The normalized spacial score (nSPS) is 14.3. The van der Waals surface area contributed by atoms with Crippen LogP contribution in [0.2, 0.25) is 0 Å². The molecule has 0 radical (unpaired) electrons. The first-order valence-electron chi connectivity index (χ1n) is 4.78. The van der Waals surface area contributed by atoms with Crippen molar-refractivity contribution in [3.05, 3.63) is 24.3 Å². The zero-order chi connectivity index (χ0) is 11.4. The highest BCUT2D eigenvalue weighted by Crippen LogP contribution is 2.15. The second-order valence-corrected chi connectivity index (χ2v) is 3.57. The molecule has 0 saturated carbocycles. The SMILES string of the molecule is CC(O)C(C)C(=O)Nc1ccc(O)cc1. The van der Waals surface area contributed by atoms with Crippen LogP contribution >= 0.6 is 0 Å². The second kappa shape index (κ2) is 4.79. The molecule has 0 fully saturated rings. The third-order valence-electron chi connectivity index (χ3n) is 2.27. The van der Waals surface area contributed by atoms with Crippen molar-refractivity contribution in [2.75, 3.05) is 5.32 Å². The van der Waals surface area contributed by atoms with Gasteiger partial charge in [0.15, 0.2) is 0 Å². The monoisotopic (exact) mass is 209 g/mol. The maximum Gasteiger partial charge on any atom is 0.229 e. The van der Waals surface area contributed by atoms with Gasteiger partial charge in [0.05, 0.1) is 12.0 Å². The van der Waals surface area contributed by atoms with Gasteiger partial charge in [-0.2, -0.15) is 0 Å². The first kappa shape index (κ1) is 11.5. The Bertz CT molecular complexity index is 332. The standard InChI is InChI=1S/C11H15NO3/c1-7(8(2)13)11(15)12-9-3-5-10(14)6-4-9/h3-8,13-14H,1-2H3,(H,12,15). The number of rotatable bonds is 3. The molecule has 0 aliphatic heterocycles. The van der Waals surface area contributed by atoms with Crippen LogP contribution in [0, 0.1) is 5.92 Å². The van der Waals surface area contributed by atoms with Crippen LogP contribution in [0.15, 0.2) is 24.3 Å². The zero-order valence-electron chi connectivity index (χ0n) is 8.77. The Morgan fingerprint density at radius 1 is 1.27 bits per heavy atom. The maximum atomic E-state index is 11.5. The van der Waals surface area contributed by atoms with Gasteiger partial charge in [0.2, 0.25) is 5.91 Å². The van der Waals surface area contributed by atoms with Gasteiger partial charge >= 0.3 is 0 Å². The third kappa shape index (κ3) is 3.25. The molecule has 1 aromatic carbocycles. The van der Waals surface area contributed by atoms with Gasteiger partial charge in [0.1, 0.15) is 5.75 Å². The predicted octanol–water partition coefficient (Wildman–Crippen LogP) is 1.35. The molecule has 15 heavy (non-hydrogen) atoms. The van der Waals surface area contributed by atoms with Crippen LogP contribution in [0.25, 0.3) is 0 Å². The molecule has 0 heterocycles. The lowest BCUT2D eigenvalue weighted by molar-refractivity contribution is -0.122. The molecule has 3 N–H and O–H groups in total. The Hall–Kier alpha value is -1.55. The highest BCUT2D eigenvalue weighted by atomic mass is 16.3. The maximum absolute atomic E-state index is 11.5. The minimum absolute atomic E-state index is 0.150. The molecule has 0 aliphatic carbocycles. The van der Waals surface area contributed by atoms with E-state index in [4.69, 9.17) is 5.11 Å². The minimum atomic E-state index is -0.679. The highest BCUT2D eigenvalue weighted by molar-refractivity contribution is 5.92. The summed E-state index contributed by atoms with van der Waals surface area (Å²) in [7, 11) is 0. The van der Waals surface area contributed by atoms with Gasteiger partial charge < -0.3 is 15.5 Å². The molecular formula is C11H15NO3. The third-order valence-corrected chi connectivity index (χ3v) is 2.27. The predicted molar refractivity (Wildman–Crippen MR) is 57.6 cm³/mol. The Balaban J connectivity index is 2.62. The van der Waals surface area contributed by atoms with E-state index >= 15 is 0 Å². The van der Waals surface area contributed by atoms with Crippen molar-refractivity contribution in [2.45, 2.75) is 20.0 Å². The lowest BCUT2D eigenvalue weighted by Gasteiger charge is -2.14. The second-order valence-electron chi connectivity index (χ2n) is 3.57. The number of aliphatic hydroxyl groups is 1. The van der Waals surface area contributed by atoms with Crippen molar-refractivity contribution in [2.24, 2.45) is 5.92 Å².